The quantitative estimate of drug-likeness (QED) is 0.861. The van der Waals surface area contributed by atoms with Gasteiger partial charge in [-0.15, -0.1) is 0 Å². The van der Waals surface area contributed by atoms with Gasteiger partial charge in [0.05, 0.1) is 6.04 Å². The van der Waals surface area contributed by atoms with Gasteiger partial charge < -0.3 is 9.84 Å². The van der Waals surface area contributed by atoms with Crippen LogP contribution < -0.4 is 5.32 Å². The molecule has 0 radical (unpaired) electrons. The molecule has 2 aromatic rings. The molecule has 21 heavy (non-hydrogen) atoms. The van der Waals surface area contributed by atoms with E-state index in [1.807, 2.05) is 19.1 Å². The zero-order valence-electron chi connectivity index (χ0n) is 11.8. The molecule has 5 nitrogen and oxygen atoms in total. The second-order valence-electron chi connectivity index (χ2n) is 4.53. The standard InChI is InChI=1S/C15H16ClN3O2/c1-3-13(15-17-10(2)21-19-15)18-14(20)9-6-11-4-7-12(16)8-5-11/h4-9,13H,3H2,1-2H3,(H,18,20). The number of hydrogen-bond acceptors (Lipinski definition) is 4. The molecule has 0 bridgehead atoms. The van der Waals surface area contributed by atoms with Crippen molar-refractivity contribution in [3.05, 3.63) is 52.6 Å². The van der Waals surface area contributed by atoms with E-state index >= 15 is 0 Å². The first-order valence-electron chi connectivity index (χ1n) is 6.63. The van der Waals surface area contributed by atoms with Crippen LogP contribution in [0, 0.1) is 6.92 Å². The number of nitrogens with one attached hydrogen (secondary N) is 1. The van der Waals surface area contributed by atoms with Crippen LogP contribution in [0.25, 0.3) is 6.08 Å². The molecule has 2 rings (SSSR count). The molecular formula is C15H16ClN3O2. The topological polar surface area (TPSA) is 68.0 Å². The molecule has 0 saturated heterocycles. The zero-order chi connectivity index (χ0) is 15.2. The Morgan fingerprint density at radius 3 is 2.71 bits per heavy atom. The number of benzene rings is 1. The van der Waals surface area contributed by atoms with Gasteiger partial charge in [0, 0.05) is 18.0 Å². The number of amides is 1. The lowest BCUT2D eigenvalue weighted by molar-refractivity contribution is -0.117. The summed E-state index contributed by atoms with van der Waals surface area (Å²) in [6.07, 6.45) is 3.87. The Bertz CT molecular complexity index is 635. The molecule has 1 unspecified atom stereocenters. The smallest absolute Gasteiger partial charge is 0.244 e. The van der Waals surface area contributed by atoms with Gasteiger partial charge in [-0.1, -0.05) is 35.8 Å². The summed E-state index contributed by atoms with van der Waals surface area (Å²) in [5.74, 6) is 0.761. The average molecular weight is 306 g/mol. The number of aryl methyl sites for hydroxylation is 1. The predicted octanol–water partition coefficient (Wildman–Crippen LogP) is 3.31. The van der Waals surface area contributed by atoms with E-state index in [0.29, 0.717) is 23.2 Å². The van der Waals surface area contributed by atoms with Crippen LogP contribution in [0.4, 0.5) is 0 Å². The lowest BCUT2D eigenvalue weighted by Gasteiger charge is -2.11. The summed E-state index contributed by atoms with van der Waals surface area (Å²) in [4.78, 5) is 16.1. The van der Waals surface area contributed by atoms with Crippen LogP contribution in [0.2, 0.25) is 5.02 Å². The SMILES string of the molecule is CCC(NC(=O)C=Cc1ccc(Cl)cc1)c1noc(C)n1. The molecule has 110 valence electrons. The van der Waals surface area contributed by atoms with Crippen LogP contribution in [0.1, 0.15) is 36.7 Å². The molecule has 0 spiro atoms. The number of halogens is 1. The second kappa shape index (κ2) is 7.04. The van der Waals surface area contributed by atoms with Gasteiger partial charge in [-0.2, -0.15) is 4.98 Å². The molecule has 1 N–H and O–H groups in total. The maximum atomic E-state index is 11.9. The molecule has 1 aromatic heterocycles. The van der Waals surface area contributed by atoms with Gasteiger partial charge >= 0.3 is 0 Å². The number of aromatic nitrogens is 2. The monoisotopic (exact) mass is 305 g/mol. The summed E-state index contributed by atoms with van der Waals surface area (Å²) in [5.41, 5.74) is 0.901. The Balaban J connectivity index is 1.98. The van der Waals surface area contributed by atoms with Crippen molar-refractivity contribution < 1.29 is 9.32 Å². The van der Waals surface area contributed by atoms with Gasteiger partial charge in [0.15, 0.2) is 5.82 Å². The minimum absolute atomic E-state index is 0.209. The Kier molecular flexibility index (Phi) is 5.11. The van der Waals surface area contributed by atoms with E-state index in [4.69, 9.17) is 16.1 Å². The zero-order valence-corrected chi connectivity index (χ0v) is 12.6. The lowest BCUT2D eigenvalue weighted by Crippen LogP contribution is -2.27. The maximum absolute atomic E-state index is 11.9. The van der Waals surface area contributed by atoms with Crippen molar-refractivity contribution in [2.75, 3.05) is 0 Å². The summed E-state index contributed by atoms with van der Waals surface area (Å²) in [7, 11) is 0. The Morgan fingerprint density at radius 2 is 2.14 bits per heavy atom. The van der Waals surface area contributed by atoms with Crippen molar-refractivity contribution >= 4 is 23.6 Å². The Morgan fingerprint density at radius 1 is 1.43 bits per heavy atom. The lowest BCUT2D eigenvalue weighted by atomic mass is 10.2. The predicted molar refractivity (Wildman–Crippen MR) is 80.7 cm³/mol. The van der Waals surface area contributed by atoms with E-state index in [9.17, 15) is 4.79 Å². The van der Waals surface area contributed by atoms with Gasteiger partial charge in [-0.3, -0.25) is 4.79 Å². The molecule has 1 amide bonds. The molecule has 6 heteroatoms. The van der Waals surface area contributed by atoms with E-state index in [0.717, 1.165) is 5.56 Å². The molecular weight excluding hydrogens is 290 g/mol. The van der Waals surface area contributed by atoms with Gasteiger partial charge in [0.25, 0.3) is 0 Å². The van der Waals surface area contributed by atoms with E-state index in [2.05, 4.69) is 15.5 Å². The first-order chi connectivity index (χ1) is 10.1. The van der Waals surface area contributed by atoms with Crippen molar-refractivity contribution in [2.45, 2.75) is 26.3 Å². The summed E-state index contributed by atoms with van der Waals surface area (Å²) >= 11 is 5.81. The highest BCUT2D eigenvalue weighted by Gasteiger charge is 2.16. The summed E-state index contributed by atoms with van der Waals surface area (Å²) in [6.45, 7) is 3.66. The van der Waals surface area contributed by atoms with Crippen LogP contribution >= 0.6 is 11.6 Å². The van der Waals surface area contributed by atoms with Gasteiger partial charge in [-0.05, 0) is 30.2 Å². The molecule has 0 saturated carbocycles. The highest BCUT2D eigenvalue weighted by Crippen LogP contribution is 2.13. The largest absolute Gasteiger partial charge is 0.342 e. The number of nitrogens with zero attached hydrogens (tertiary/aromatic N) is 2. The third kappa shape index (κ3) is 4.43. The van der Waals surface area contributed by atoms with Crippen molar-refractivity contribution in [3.8, 4) is 0 Å². The molecule has 0 fully saturated rings. The Hall–Kier alpha value is -2.14. The molecule has 0 aliphatic heterocycles. The average Bonchev–Trinajstić information content (AvgIpc) is 2.90. The van der Waals surface area contributed by atoms with Crippen molar-refractivity contribution in [1.82, 2.24) is 15.5 Å². The number of carbonyl (C=O) groups excluding carboxylic acids is 1. The third-order valence-corrected chi connectivity index (χ3v) is 3.13. The molecule has 1 heterocycles. The van der Waals surface area contributed by atoms with Gasteiger partial charge in [0.2, 0.25) is 11.8 Å². The summed E-state index contributed by atoms with van der Waals surface area (Å²) < 4.78 is 4.93. The normalized spacial score (nSPS) is 12.5. The number of hydrogen-bond donors (Lipinski definition) is 1. The van der Waals surface area contributed by atoms with E-state index < -0.39 is 0 Å². The molecule has 1 aromatic carbocycles. The van der Waals surface area contributed by atoms with Gasteiger partial charge in [0.1, 0.15) is 0 Å². The fourth-order valence-corrected chi connectivity index (χ4v) is 1.90. The Labute approximate surface area is 128 Å². The third-order valence-electron chi connectivity index (χ3n) is 2.88. The van der Waals surface area contributed by atoms with Crippen LogP contribution in [-0.2, 0) is 4.79 Å². The van der Waals surface area contributed by atoms with E-state index in [-0.39, 0.29) is 11.9 Å². The highest BCUT2D eigenvalue weighted by atomic mass is 35.5. The minimum atomic E-state index is -0.259. The second-order valence-corrected chi connectivity index (χ2v) is 4.96. The maximum Gasteiger partial charge on any atom is 0.244 e. The van der Waals surface area contributed by atoms with Gasteiger partial charge in [-0.25, -0.2) is 0 Å². The first kappa shape index (κ1) is 15.3. The van der Waals surface area contributed by atoms with Crippen molar-refractivity contribution in [1.29, 1.82) is 0 Å². The molecule has 1 atom stereocenters. The van der Waals surface area contributed by atoms with Crippen LogP contribution in [0.15, 0.2) is 34.9 Å². The fraction of sp³-hybridized carbons (Fsp3) is 0.267. The number of carbonyl (C=O) groups is 1. The first-order valence-corrected chi connectivity index (χ1v) is 7.00. The van der Waals surface area contributed by atoms with Crippen LogP contribution in [0.5, 0.6) is 0 Å². The highest BCUT2D eigenvalue weighted by molar-refractivity contribution is 6.30. The van der Waals surface area contributed by atoms with Crippen LogP contribution in [-0.4, -0.2) is 16.0 Å². The van der Waals surface area contributed by atoms with E-state index in [1.165, 1.54) is 6.08 Å². The summed E-state index contributed by atoms with van der Waals surface area (Å²) in [5, 5.41) is 7.33. The van der Waals surface area contributed by atoms with Crippen molar-refractivity contribution in [3.63, 3.8) is 0 Å². The molecule has 0 aliphatic rings. The molecule has 0 aliphatic carbocycles. The van der Waals surface area contributed by atoms with Crippen LogP contribution in [0.3, 0.4) is 0 Å². The van der Waals surface area contributed by atoms with E-state index in [1.54, 1.807) is 25.1 Å². The summed E-state index contributed by atoms with van der Waals surface area (Å²) in [6, 6.07) is 6.97. The fourth-order valence-electron chi connectivity index (χ4n) is 1.77. The minimum Gasteiger partial charge on any atom is -0.342 e. The van der Waals surface area contributed by atoms with Crippen molar-refractivity contribution in [2.24, 2.45) is 0 Å². The number of rotatable bonds is 5.